The zero-order valence-electron chi connectivity index (χ0n) is 15.6. The quantitative estimate of drug-likeness (QED) is 0.664. The van der Waals surface area contributed by atoms with Crippen LogP contribution >= 0.6 is 0 Å². The van der Waals surface area contributed by atoms with E-state index in [0.29, 0.717) is 18.2 Å². The molecule has 1 heterocycles. The van der Waals surface area contributed by atoms with Gasteiger partial charge in [-0.05, 0) is 42.8 Å². The summed E-state index contributed by atoms with van der Waals surface area (Å²) in [6, 6.07) is 15.4. The summed E-state index contributed by atoms with van der Waals surface area (Å²) in [5.41, 5.74) is 2.01. The molecular weight excluding hydrogens is 328 g/mol. The number of aliphatic hydroxyl groups excluding tert-OH is 1. The van der Waals surface area contributed by atoms with E-state index in [-0.39, 0.29) is 6.61 Å². The molecular formula is C21H26N2O3. The number of hydrogen-bond acceptors (Lipinski definition) is 4. The summed E-state index contributed by atoms with van der Waals surface area (Å²) in [5.74, 6) is 2.83. The summed E-state index contributed by atoms with van der Waals surface area (Å²) in [6.45, 7) is 4.99. The van der Waals surface area contributed by atoms with Gasteiger partial charge in [0.25, 0.3) is 0 Å². The van der Waals surface area contributed by atoms with Gasteiger partial charge in [0, 0.05) is 5.92 Å². The van der Waals surface area contributed by atoms with E-state index >= 15 is 0 Å². The molecule has 3 rings (SSSR count). The molecule has 0 bridgehead atoms. The monoisotopic (exact) mass is 354 g/mol. The second-order valence-electron chi connectivity index (χ2n) is 6.52. The lowest BCUT2D eigenvalue weighted by molar-refractivity contribution is 0.0924. The summed E-state index contributed by atoms with van der Waals surface area (Å²) in [7, 11) is 1.63. The highest BCUT2D eigenvalue weighted by Gasteiger charge is 2.18. The highest BCUT2D eigenvalue weighted by Crippen LogP contribution is 2.24. The number of imidazole rings is 1. The number of rotatable bonds is 8. The predicted molar refractivity (Wildman–Crippen MR) is 103 cm³/mol. The van der Waals surface area contributed by atoms with Gasteiger partial charge in [0.05, 0.1) is 24.7 Å². The zero-order valence-corrected chi connectivity index (χ0v) is 15.6. The van der Waals surface area contributed by atoms with Crippen LogP contribution < -0.4 is 9.47 Å². The number of ether oxygens (including phenoxy) is 2. The molecule has 0 fully saturated rings. The van der Waals surface area contributed by atoms with Gasteiger partial charge in [-0.1, -0.05) is 26.0 Å². The molecule has 2 aromatic carbocycles. The fourth-order valence-electron chi connectivity index (χ4n) is 2.97. The minimum Gasteiger partial charge on any atom is -0.497 e. The maximum Gasteiger partial charge on any atom is 0.119 e. The Bertz CT molecular complexity index is 842. The van der Waals surface area contributed by atoms with Crippen molar-refractivity contribution in [2.75, 3.05) is 13.7 Å². The van der Waals surface area contributed by atoms with Crippen LogP contribution in [0.4, 0.5) is 0 Å². The van der Waals surface area contributed by atoms with E-state index in [2.05, 4.69) is 18.4 Å². The lowest BCUT2D eigenvalue weighted by Gasteiger charge is -2.17. The van der Waals surface area contributed by atoms with Gasteiger partial charge < -0.3 is 19.1 Å². The standard InChI is InChI=1S/C21H26N2O3/c1-4-15(2)21-22-19-7-5-6-8-20(19)23(21)13-16(24)14-26-18-11-9-17(25-3)10-12-18/h5-12,15-16,24H,4,13-14H2,1-3H3. The van der Waals surface area contributed by atoms with Crippen LogP contribution in [0, 0.1) is 0 Å². The fraction of sp³-hybridized carbons (Fsp3) is 0.381. The molecule has 0 radical (unpaired) electrons. The van der Waals surface area contributed by atoms with Crippen molar-refractivity contribution < 1.29 is 14.6 Å². The Kier molecular flexibility index (Phi) is 5.78. The van der Waals surface area contributed by atoms with E-state index in [1.54, 1.807) is 7.11 Å². The van der Waals surface area contributed by atoms with E-state index in [1.165, 1.54) is 0 Å². The smallest absolute Gasteiger partial charge is 0.119 e. The van der Waals surface area contributed by atoms with Crippen LogP contribution in [0.2, 0.25) is 0 Å². The Morgan fingerprint density at radius 1 is 1.08 bits per heavy atom. The van der Waals surface area contributed by atoms with Crippen LogP contribution in [-0.2, 0) is 6.54 Å². The fourth-order valence-corrected chi connectivity index (χ4v) is 2.97. The SMILES string of the molecule is CCC(C)c1nc2ccccc2n1CC(O)COc1ccc(OC)cc1. The number of benzene rings is 2. The van der Waals surface area contributed by atoms with Crippen LogP contribution in [0.25, 0.3) is 11.0 Å². The molecule has 5 nitrogen and oxygen atoms in total. The van der Waals surface area contributed by atoms with Crippen molar-refractivity contribution in [3.05, 3.63) is 54.4 Å². The number of aliphatic hydroxyl groups is 1. The first-order chi connectivity index (χ1) is 12.6. The van der Waals surface area contributed by atoms with Crippen molar-refractivity contribution in [2.45, 2.75) is 38.8 Å². The molecule has 0 aliphatic rings. The van der Waals surface area contributed by atoms with Gasteiger partial charge in [0.2, 0.25) is 0 Å². The van der Waals surface area contributed by atoms with Gasteiger partial charge in [-0.25, -0.2) is 4.98 Å². The summed E-state index contributed by atoms with van der Waals surface area (Å²) >= 11 is 0. The molecule has 5 heteroatoms. The van der Waals surface area contributed by atoms with Gasteiger partial charge in [-0.2, -0.15) is 0 Å². The maximum atomic E-state index is 10.5. The zero-order chi connectivity index (χ0) is 18.5. The molecule has 0 amide bonds. The molecule has 0 saturated carbocycles. The van der Waals surface area contributed by atoms with Crippen LogP contribution in [0.5, 0.6) is 11.5 Å². The van der Waals surface area contributed by atoms with Gasteiger partial charge in [-0.3, -0.25) is 0 Å². The molecule has 3 aromatic rings. The number of para-hydroxylation sites is 2. The molecule has 2 unspecified atom stereocenters. The number of fused-ring (bicyclic) bond motifs is 1. The first-order valence-electron chi connectivity index (χ1n) is 9.02. The minimum absolute atomic E-state index is 0.221. The Hall–Kier alpha value is -2.53. The van der Waals surface area contributed by atoms with Gasteiger partial charge in [0.15, 0.2) is 0 Å². The highest BCUT2D eigenvalue weighted by atomic mass is 16.5. The number of hydrogen-bond donors (Lipinski definition) is 1. The second kappa shape index (κ2) is 8.23. The average Bonchev–Trinajstić information content (AvgIpc) is 3.04. The van der Waals surface area contributed by atoms with Crippen molar-refractivity contribution in [2.24, 2.45) is 0 Å². The lowest BCUT2D eigenvalue weighted by Crippen LogP contribution is -2.25. The van der Waals surface area contributed by atoms with E-state index in [9.17, 15) is 5.11 Å². The normalized spacial score (nSPS) is 13.5. The molecule has 0 aliphatic heterocycles. The largest absolute Gasteiger partial charge is 0.497 e. The Labute approximate surface area is 154 Å². The predicted octanol–water partition coefficient (Wildman–Crippen LogP) is 4.00. The van der Waals surface area contributed by atoms with Gasteiger partial charge in [0.1, 0.15) is 30.0 Å². The van der Waals surface area contributed by atoms with Gasteiger partial charge in [-0.15, -0.1) is 0 Å². The van der Waals surface area contributed by atoms with E-state index in [4.69, 9.17) is 14.5 Å². The number of aromatic nitrogens is 2. The molecule has 0 aliphatic carbocycles. The van der Waals surface area contributed by atoms with Crippen molar-refractivity contribution in [1.82, 2.24) is 9.55 Å². The average molecular weight is 354 g/mol. The Balaban J connectivity index is 1.72. The molecule has 138 valence electrons. The van der Waals surface area contributed by atoms with Crippen molar-refractivity contribution in [1.29, 1.82) is 0 Å². The van der Waals surface area contributed by atoms with Crippen LogP contribution in [0.3, 0.4) is 0 Å². The van der Waals surface area contributed by atoms with Crippen LogP contribution in [0.15, 0.2) is 48.5 Å². The summed E-state index contributed by atoms with van der Waals surface area (Å²) in [5, 5.41) is 10.5. The number of methoxy groups -OCH3 is 1. The first kappa shape index (κ1) is 18.3. The minimum atomic E-state index is -0.627. The Morgan fingerprint density at radius 3 is 2.46 bits per heavy atom. The number of nitrogens with zero attached hydrogens (tertiary/aromatic N) is 2. The van der Waals surface area contributed by atoms with E-state index in [1.807, 2.05) is 48.5 Å². The molecule has 2 atom stereocenters. The highest BCUT2D eigenvalue weighted by molar-refractivity contribution is 5.76. The third-order valence-corrected chi connectivity index (χ3v) is 4.63. The van der Waals surface area contributed by atoms with Crippen molar-refractivity contribution >= 4 is 11.0 Å². The molecule has 0 saturated heterocycles. The maximum absolute atomic E-state index is 10.5. The van der Waals surface area contributed by atoms with Crippen molar-refractivity contribution in [3.63, 3.8) is 0 Å². The van der Waals surface area contributed by atoms with E-state index < -0.39 is 6.10 Å². The third-order valence-electron chi connectivity index (χ3n) is 4.63. The van der Waals surface area contributed by atoms with Gasteiger partial charge >= 0.3 is 0 Å². The molecule has 26 heavy (non-hydrogen) atoms. The summed E-state index contributed by atoms with van der Waals surface area (Å²) in [6.07, 6.45) is 0.374. The van der Waals surface area contributed by atoms with Crippen LogP contribution in [0.1, 0.15) is 32.0 Å². The summed E-state index contributed by atoms with van der Waals surface area (Å²) in [4.78, 5) is 4.77. The molecule has 0 spiro atoms. The summed E-state index contributed by atoms with van der Waals surface area (Å²) < 4.78 is 13.0. The second-order valence-corrected chi connectivity index (χ2v) is 6.52. The lowest BCUT2D eigenvalue weighted by atomic mass is 10.1. The van der Waals surface area contributed by atoms with Crippen LogP contribution in [-0.4, -0.2) is 34.5 Å². The molecule has 1 N–H and O–H groups in total. The topological polar surface area (TPSA) is 56.5 Å². The van der Waals surface area contributed by atoms with Crippen molar-refractivity contribution in [3.8, 4) is 11.5 Å². The Morgan fingerprint density at radius 2 is 1.77 bits per heavy atom. The van der Waals surface area contributed by atoms with E-state index in [0.717, 1.165) is 29.0 Å². The first-order valence-corrected chi connectivity index (χ1v) is 9.02. The third kappa shape index (κ3) is 3.99. The molecule has 1 aromatic heterocycles.